The van der Waals surface area contributed by atoms with Crippen LogP contribution in [0.5, 0.6) is 0 Å². The summed E-state index contributed by atoms with van der Waals surface area (Å²) in [6, 6.07) is 18.9. The number of nitrogens with zero attached hydrogens (tertiary/aromatic N) is 1. The molecule has 0 bridgehead atoms. The zero-order valence-corrected chi connectivity index (χ0v) is 13.1. The third-order valence-electron chi connectivity index (χ3n) is 3.05. The van der Waals surface area contributed by atoms with E-state index in [1.165, 1.54) is 0 Å². The minimum Gasteiger partial charge on any atom is -0.354 e. The van der Waals surface area contributed by atoms with Crippen LogP contribution in [-0.2, 0) is 0 Å². The molecule has 0 saturated heterocycles. The van der Waals surface area contributed by atoms with Gasteiger partial charge in [0.1, 0.15) is 5.82 Å². The Kier molecular flexibility index (Phi) is 4.47. The Bertz CT molecular complexity index is 727. The Labute approximate surface area is 138 Å². The molecule has 5 heteroatoms. The van der Waals surface area contributed by atoms with Crippen LogP contribution >= 0.6 is 23.2 Å². The molecule has 2 N–H and O–H groups in total. The number of halogens is 2. The molecule has 22 heavy (non-hydrogen) atoms. The predicted molar refractivity (Wildman–Crippen MR) is 93.7 cm³/mol. The number of anilines is 4. The van der Waals surface area contributed by atoms with Crippen molar-refractivity contribution in [2.75, 3.05) is 10.6 Å². The van der Waals surface area contributed by atoms with Crippen LogP contribution in [0.25, 0.3) is 0 Å². The molecule has 0 saturated carbocycles. The van der Waals surface area contributed by atoms with Gasteiger partial charge < -0.3 is 10.6 Å². The van der Waals surface area contributed by atoms with Gasteiger partial charge in [-0.25, -0.2) is 4.98 Å². The second-order valence-corrected chi connectivity index (χ2v) is 5.45. The maximum absolute atomic E-state index is 6.15. The molecule has 0 unspecified atom stereocenters. The predicted octanol–water partition coefficient (Wildman–Crippen LogP) is 5.88. The highest BCUT2D eigenvalue weighted by atomic mass is 35.5. The van der Waals surface area contributed by atoms with Crippen LogP contribution in [0.2, 0.25) is 10.0 Å². The maximum Gasteiger partial charge on any atom is 0.132 e. The number of aromatic nitrogens is 1. The van der Waals surface area contributed by atoms with Crippen molar-refractivity contribution in [2.45, 2.75) is 0 Å². The molecule has 3 nitrogen and oxygen atoms in total. The van der Waals surface area contributed by atoms with Gasteiger partial charge in [-0.15, -0.1) is 0 Å². The summed E-state index contributed by atoms with van der Waals surface area (Å²) >= 11 is 12.3. The lowest BCUT2D eigenvalue weighted by molar-refractivity contribution is 1.30. The highest BCUT2D eigenvalue weighted by Gasteiger charge is 2.03. The zero-order chi connectivity index (χ0) is 15.4. The molecule has 1 aromatic heterocycles. The Balaban J connectivity index is 1.81. The number of benzene rings is 2. The fourth-order valence-electron chi connectivity index (χ4n) is 2.00. The average Bonchev–Trinajstić information content (AvgIpc) is 2.52. The molecule has 0 aliphatic heterocycles. The third kappa shape index (κ3) is 3.50. The van der Waals surface area contributed by atoms with Gasteiger partial charge in [0.05, 0.1) is 21.4 Å². The smallest absolute Gasteiger partial charge is 0.132 e. The third-order valence-corrected chi connectivity index (χ3v) is 3.71. The summed E-state index contributed by atoms with van der Waals surface area (Å²) in [5.41, 5.74) is 2.54. The fourth-order valence-corrected chi connectivity index (χ4v) is 2.36. The standard InChI is InChI=1S/C17H13Cl2N3/c18-13-5-1-3-7-15(13)21-12-9-10-20-17(11-12)22-16-8-4-2-6-14(16)19/h1-11H,(H2,20,21,22). The Morgan fingerprint density at radius 1 is 0.727 bits per heavy atom. The molecule has 0 spiro atoms. The van der Waals surface area contributed by atoms with Gasteiger partial charge in [-0.1, -0.05) is 47.5 Å². The molecule has 3 aromatic rings. The van der Waals surface area contributed by atoms with E-state index in [2.05, 4.69) is 15.6 Å². The molecule has 0 radical (unpaired) electrons. The molecule has 0 fully saturated rings. The Morgan fingerprint density at radius 3 is 1.95 bits per heavy atom. The summed E-state index contributed by atoms with van der Waals surface area (Å²) in [6.07, 6.45) is 1.72. The van der Waals surface area contributed by atoms with Crippen molar-refractivity contribution in [3.8, 4) is 0 Å². The van der Waals surface area contributed by atoms with Crippen molar-refractivity contribution in [3.05, 3.63) is 76.9 Å². The minimum absolute atomic E-state index is 0.647. The first kappa shape index (κ1) is 14.7. The minimum atomic E-state index is 0.647. The number of rotatable bonds is 4. The highest BCUT2D eigenvalue weighted by molar-refractivity contribution is 6.33. The van der Waals surface area contributed by atoms with Crippen LogP contribution < -0.4 is 10.6 Å². The van der Waals surface area contributed by atoms with Gasteiger partial charge in [0, 0.05) is 18.0 Å². The van der Waals surface area contributed by atoms with Gasteiger partial charge in [-0.3, -0.25) is 0 Å². The van der Waals surface area contributed by atoms with Crippen LogP contribution in [0.15, 0.2) is 66.9 Å². The van der Waals surface area contributed by atoms with E-state index < -0.39 is 0 Å². The van der Waals surface area contributed by atoms with Crippen LogP contribution in [0.1, 0.15) is 0 Å². The summed E-state index contributed by atoms with van der Waals surface area (Å²) in [5, 5.41) is 7.78. The van der Waals surface area contributed by atoms with Crippen molar-refractivity contribution in [1.82, 2.24) is 4.98 Å². The number of pyridine rings is 1. The van der Waals surface area contributed by atoms with E-state index in [0.29, 0.717) is 15.9 Å². The van der Waals surface area contributed by atoms with Crippen LogP contribution in [0, 0.1) is 0 Å². The summed E-state index contributed by atoms with van der Waals surface area (Å²) in [4.78, 5) is 4.30. The summed E-state index contributed by atoms with van der Waals surface area (Å²) in [7, 11) is 0. The lowest BCUT2D eigenvalue weighted by Gasteiger charge is -2.11. The van der Waals surface area contributed by atoms with Crippen molar-refractivity contribution >= 4 is 46.1 Å². The lowest BCUT2D eigenvalue weighted by Crippen LogP contribution is -1.96. The molecule has 110 valence electrons. The van der Waals surface area contributed by atoms with Gasteiger partial charge in [0.25, 0.3) is 0 Å². The van der Waals surface area contributed by atoms with Crippen molar-refractivity contribution in [3.63, 3.8) is 0 Å². The number of hydrogen-bond donors (Lipinski definition) is 2. The second-order valence-electron chi connectivity index (χ2n) is 4.64. The molecule has 0 aliphatic carbocycles. The topological polar surface area (TPSA) is 37.0 Å². The Morgan fingerprint density at radius 2 is 1.32 bits per heavy atom. The molecular weight excluding hydrogens is 317 g/mol. The van der Waals surface area contributed by atoms with E-state index in [9.17, 15) is 0 Å². The first-order valence-electron chi connectivity index (χ1n) is 6.71. The molecule has 2 aromatic carbocycles. The lowest BCUT2D eigenvalue weighted by atomic mass is 10.3. The highest BCUT2D eigenvalue weighted by Crippen LogP contribution is 2.28. The van der Waals surface area contributed by atoms with Gasteiger partial charge in [0.2, 0.25) is 0 Å². The van der Waals surface area contributed by atoms with Gasteiger partial charge in [-0.2, -0.15) is 0 Å². The zero-order valence-electron chi connectivity index (χ0n) is 11.6. The van der Waals surface area contributed by atoms with E-state index in [1.54, 1.807) is 6.20 Å². The second kappa shape index (κ2) is 6.69. The van der Waals surface area contributed by atoms with Crippen molar-refractivity contribution in [1.29, 1.82) is 0 Å². The molecular formula is C17H13Cl2N3. The molecule has 0 atom stereocenters. The maximum atomic E-state index is 6.15. The van der Waals surface area contributed by atoms with E-state index in [0.717, 1.165) is 17.1 Å². The van der Waals surface area contributed by atoms with Gasteiger partial charge >= 0.3 is 0 Å². The summed E-state index contributed by atoms with van der Waals surface area (Å²) in [6.45, 7) is 0. The van der Waals surface area contributed by atoms with E-state index in [-0.39, 0.29) is 0 Å². The first-order valence-corrected chi connectivity index (χ1v) is 7.47. The molecule has 3 rings (SSSR count). The van der Waals surface area contributed by atoms with E-state index in [4.69, 9.17) is 23.2 Å². The van der Waals surface area contributed by atoms with Crippen LogP contribution in [0.4, 0.5) is 22.9 Å². The largest absolute Gasteiger partial charge is 0.354 e. The normalized spacial score (nSPS) is 10.3. The number of hydrogen-bond acceptors (Lipinski definition) is 3. The van der Waals surface area contributed by atoms with Crippen molar-refractivity contribution in [2.24, 2.45) is 0 Å². The molecule has 0 amide bonds. The Hall–Kier alpha value is -2.23. The quantitative estimate of drug-likeness (QED) is 0.627. The van der Waals surface area contributed by atoms with E-state index >= 15 is 0 Å². The van der Waals surface area contributed by atoms with Gasteiger partial charge in [0.15, 0.2) is 0 Å². The summed E-state index contributed by atoms with van der Waals surface area (Å²) < 4.78 is 0. The molecule has 1 heterocycles. The average molecular weight is 330 g/mol. The van der Waals surface area contributed by atoms with E-state index in [1.807, 2.05) is 60.7 Å². The fraction of sp³-hybridized carbons (Fsp3) is 0. The monoisotopic (exact) mass is 329 g/mol. The summed E-state index contributed by atoms with van der Waals surface area (Å²) in [5.74, 6) is 0.699. The van der Waals surface area contributed by atoms with Crippen molar-refractivity contribution < 1.29 is 0 Å². The molecule has 0 aliphatic rings. The van der Waals surface area contributed by atoms with Crippen LogP contribution in [-0.4, -0.2) is 4.98 Å². The number of para-hydroxylation sites is 2. The number of nitrogens with one attached hydrogen (secondary N) is 2. The van der Waals surface area contributed by atoms with Gasteiger partial charge in [-0.05, 0) is 30.3 Å². The first-order chi connectivity index (χ1) is 10.7. The van der Waals surface area contributed by atoms with Crippen LogP contribution in [0.3, 0.4) is 0 Å². The SMILES string of the molecule is Clc1ccccc1Nc1ccnc(Nc2ccccc2Cl)c1.